The van der Waals surface area contributed by atoms with E-state index in [2.05, 4.69) is 48.1 Å². The molecule has 290 valence electrons. The number of rotatable bonds is 25. The number of aldehydes is 1. The molecule has 3 amide bonds. The molecule has 1 saturated carbocycles. The van der Waals surface area contributed by atoms with Gasteiger partial charge in [-0.05, 0) is 52.4 Å². The molecule has 1 spiro atoms. The van der Waals surface area contributed by atoms with E-state index in [-0.39, 0.29) is 91.6 Å². The summed E-state index contributed by atoms with van der Waals surface area (Å²) in [5, 5.41) is 10.7. The van der Waals surface area contributed by atoms with Gasteiger partial charge in [0, 0.05) is 39.6 Å². The second-order valence-electron chi connectivity index (χ2n) is 14.2. The van der Waals surface area contributed by atoms with Crippen molar-refractivity contribution in [3.05, 3.63) is 11.6 Å². The molecule has 2 heterocycles. The number of esters is 1. The van der Waals surface area contributed by atoms with Crippen LogP contribution in [0.5, 0.6) is 0 Å². The summed E-state index contributed by atoms with van der Waals surface area (Å²) in [6.45, 7) is 12.3. The number of allylic oxidation sites excluding steroid dienone is 1. The van der Waals surface area contributed by atoms with E-state index in [1.54, 1.807) is 7.11 Å². The fourth-order valence-corrected chi connectivity index (χ4v) is 6.76. The first kappa shape index (κ1) is 42.5. The molecule has 0 radical (unpaired) electrons. The zero-order valence-corrected chi connectivity index (χ0v) is 31.2. The van der Waals surface area contributed by atoms with E-state index < -0.39 is 11.9 Å². The summed E-state index contributed by atoms with van der Waals surface area (Å²) in [6, 6.07) is -0.582. The van der Waals surface area contributed by atoms with Gasteiger partial charge in [0.05, 0.1) is 57.6 Å². The highest BCUT2D eigenvalue weighted by molar-refractivity contribution is 5.88. The predicted octanol–water partition coefficient (Wildman–Crippen LogP) is 0.971. The van der Waals surface area contributed by atoms with Crippen LogP contribution >= 0.6 is 0 Å². The number of methoxy groups -OCH3 is 1. The quantitative estimate of drug-likeness (QED) is 0.0343. The van der Waals surface area contributed by atoms with Gasteiger partial charge in [-0.3, -0.25) is 19.2 Å². The second-order valence-corrected chi connectivity index (χ2v) is 14.2. The molecular weight excluding hydrogens is 664 g/mol. The standard InChI is InChI=1S/C36H60N4O11/c1-24(2)9-10-27-35(5,51-27)33-32(46-6)26(11-13-36(33)23-49-36)50-30(44)8-7-18-47-20-21-48-19-16-38-28(42)12-14-39-31(25(3)4)34(45)40-22-29(43)37-15-17-41/h9,17,25-27,31-33,39H,7-8,10-16,18-23H2,1-6H3,(H,37,43)(H,38,42)(H,40,45)/t26?,27-,31+,32?,33?,35+,36+/m1/s1. The van der Waals surface area contributed by atoms with Crippen molar-refractivity contribution in [1.82, 2.24) is 21.3 Å². The Labute approximate surface area is 301 Å². The van der Waals surface area contributed by atoms with Crippen molar-refractivity contribution in [3.63, 3.8) is 0 Å². The third kappa shape index (κ3) is 13.5. The first-order valence-electron chi connectivity index (χ1n) is 18.2. The van der Waals surface area contributed by atoms with E-state index in [0.29, 0.717) is 58.7 Å². The Morgan fingerprint density at radius 3 is 2.33 bits per heavy atom. The molecule has 3 aliphatic rings. The molecule has 0 bridgehead atoms. The maximum atomic E-state index is 12.8. The first-order chi connectivity index (χ1) is 24.4. The lowest BCUT2D eigenvalue weighted by atomic mass is 9.68. The number of epoxide rings is 2. The van der Waals surface area contributed by atoms with E-state index in [4.69, 9.17) is 28.4 Å². The molecular formula is C36H60N4O11. The van der Waals surface area contributed by atoms with Gasteiger partial charge in [0.25, 0.3) is 0 Å². The van der Waals surface area contributed by atoms with Crippen LogP contribution in [0.2, 0.25) is 0 Å². The summed E-state index contributed by atoms with van der Waals surface area (Å²) in [6.07, 6.45) is 5.44. The largest absolute Gasteiger partial charge is 0.460 e. The molecule has 3 unspecified atom stereocenters. The Bertz CT molecular complexity index is 1190. The fourth-order valence-electron chi connectivity index (χ4n) is 6.76. The lowest BCUT2D eigenvalue weighted by Crippen LogP contribution is -2.55. The minimum atomic E-state index is -0.582. The molecule has 7 atom stereocenters. The van der Waals surface area contributed by atoms with E-state index in [0.717, 1.165) is 12.8 Å². The number of hydrogen-bond acceptors (Lipinski definition) is 12. The van der Waals surface area contributed by atoms with Crippen LogP contribution in [-0.4, -0.2) is 132 Å². The minimum Gasteiger partial charge on any atom is -0.460 e. The Morgan fingerprint density at radius 2 is 1.69 bits per heavy atom. The predicted molar refractivity (Wildman–Crippen MR) is 187 cm³/mol. The van der Waals surface area contributed by atoms with Gasteiger partial charge in [0.2, 0.25) is 17.7 Å². The molecule has 1 aliphatic carbocycles. The molecule has 2 aliphatic heterocycles. The molecule has 2 saturated heterocycles. The highest BCUT2D eigenvalue weighted by atomic mass is 16.6. The summed E-state index contributed by atoms with van der Waals surface area (Å²) in [7, 11) is 1.67. The topological polar surface area (TPSA) is 195 Å². The normalized spacial score (nSPS) is 27.0. The number of hydrogen-bond donors (Lipinski definition) is 4. The van der Waals surface area contributed by atoms with E-state index in [1.165, 1.54) is 5.57 Å². The molecule has 0 aromatic heterocycles. The Kier molecular flexibility index (Phi) is 17.4. The van der Waals surface area contributed by atoms with E-state index in [9.17, 15) is 24.0 Å². The Balaban J connectivity index is 1.21. The average molecular weight is 725 g/mol. The molecule has 0 aromatic carbocycles. The smallest absolute Gasteiger partial charge is 0.306 e. The van der Waals surface area contributed by atoms with Crippen molar-refractivity contribution in [2.75, 3.05) is 66.3 Å². The van der Waals surface area contributed by atoms with Crippen LogP contribution in [0.25, 0.3) is 0 Å². The van der Waals surface area contributed by atoms with Gasteiger partial charge >= 0.3 is 5.97 Å². The third-order valence-corrected chi connectivity index (χ3v) is 9.60. The van der Waals surface area contributed by atoms with Crippen molar-refractivity contribution in [2.45, 2.75) is 109 Å². The lowest BCUT2D eigenvalue weighted by molar-refractivity contribution is -0.172. The van der Waals surface area contributed by atoms with Gasteiger partial charge in [-0.25, -0.2) is 0 Å². The second kappa shape index (κ2) is 20.9. The molecule has 15 heteroatoms. The van der Waals surface area contributed by atoms with Crippen LogP contribution in [-0.2, 0) is 52.4 Å². The summed E-state index contributed by atoms with van der Waals surface area (Å²) >= 11 is 0. The van der Waals surface area contributed by atoms with Crippen LogP contribution in [0, 0.1) is 11.8 Å². The molecule has 3 rings (SSSR count). The molecule has 3 fully saturated rings. The summed E-state index contributed by atoms with van der Waals surface area (Å²) in [4.78, 5) is 59.3. The fraction of sp³-hybridized carbons (Fsp3) is 0.806. The van der Waals surface area contributed by atoms with E-state index >= 15 is 0 Å². The number of nitrogens with one attached hydrogen (secondary N) is 4. The highest BCUT2D eigenvalue weighted by Gasteiger charge is 2.72. The third-order valence-electron chi connectivity index (χ3n) is 9.60. The van der Waals surface area contributed by atoms with Crippen molar-refractivity contribution in [1.29, 1.82) is 0 Å². The van der Waals surface area contributed by atoms with Gasteiger partial charge in [-0.2, -0.15) is 0 Å². The zero-order chi connectivity index (χ0) is 37.4. The molecule has 4 N–H and O–H groups in total. The number of amides is 3. The van der Waals surface area contributed by atoms with Crippen LogP contribution in [0.1, 0.15) is 73.1 Å². The zero-order valence-electron chi connectivity index (χ0n) is 31.2. The summed E-state index contributed by atoms with van der Waals surface area (Å²) < 4.78 is 35.2. The van der Waals surface area contributed by atoms with Gasteiger partial charge in [-0.15, -0.1) is 0 Å². The van der Waals surface area contributed by atoms with Crippen LogP contribution in [0.3, 0.4) is 0 Å². The number of carbonyl (C=O) groups is 5. The van der Waals surface area contributed by atoms with Gasteiger partial charge in [0.15, 0.2) is 0 Å². The lowest BCUT2D eigenvalue weighted by Gasteiger charge is -2.42. The molecule has 0 aromatic rings. The maximum Gasteiger partial charge on any atom is 0.306 e. The maximum absolute atomic E-state index is 12.8. The van der Waals surface area contributed by atoms with Gasteiger partial charge in [0.1, 0.15) is 29.7 Å². The van der Waals surface area contributed by atoms with Crippen molar-refractivity contribution in [2.24, 2.45) is 11.8 Å². The molecule has 15 nitrogen and oxygen atoms in total. The number of carbonyl (C=O) groups excluding carboxylic acids is 5. The summed E-state index contributed by atoms with van der Waals surface area (Å²) in [5.41, 5.74) is 0.610. The monoisotopic (exact) mass is 724 g/mol. The highest BCUT2D eigenvalue weighted by Crippen LogP contribution is 2.59. The summed E-state index contributed by atoms with van der Waals surface area (Å²) in [5.74, 6) is -1.37. The van der Waals surface area contributed by atoms with Gasteiger partial charge < -0.3 is 54.5 Å². The minimum absolute atomic E-state index is 0.0157. The van der Waals surface area contributed by atoms with Crippen molar-refractivity contribution >= 4 is 30.0 Å². The van der Waals surface area contributed by atoms with Crippen LogP contribution in [0.15, 0.2) is 11.6 Å². The van der Waals surface area contributed by atoms with Crippen LogP contribution < -0.4 is 21.3 Å². The van der Waals surface area contributed by atoms with Crippen molar-refractivity contribution in [3.8, 4) is 0 Å². The SMILES string of the molecule is COC1C(OC(=O)CCCOCCOCCNC(=O)CCN[C@H](C(=O)NCC(=O)NCC=O)C(C)C)CC[C@]2(CO2)C1[C@@]1(C)O[C@@H]1CC=C(C)C. The number of ether oxygens (including phenoxy) is 6. The van der Waals surface area contributed by atoms with Crippen LogP contribution in [0.4, 0.5) is 0 Å². The Morgan fingerprint density at radius 1 is 0.961 bits per heavy atom. The Hall–Kier alpha value is -2.95. The van der Waals surface area contributed by atoms with Crippen molar-refractivity contribution < 1.29 is 52.4 Å². The van der Waals surface area contributed by atoms with E-state index in [1.807, 2.05) is 13.8 Å². The average Bonchev–Trinajstić information content (AvgIpc) is 4.01. The van der Waals surface area contributed by atoms with Gasteiger partial charge in [-0.1, -0.05) is 25.5 Å². The molecule has 51 heavy (non-hydrogen) atoms. The first-order valence-corrected chi connectivity index (χ1v) is 18.2.